The summed E-state index contributed by atoms with van der Waals surface area (Å²) in [4.78, 5) is 18.3. The van der Waals surface area contributed by atoms with E-state index < -0.39 is 5.97 Å². The molecule has 0 radical (unpaired) electrons. The van der Waals surface area contributed by atoms with E-state index in [9.17, 15) is 4.79 Å². The van der Waals surface area contributed by atoms with E-state index in [1.807, 2.05) is 6.07 Å². The fourth-order valence-corrected chi connectivity index (χ4v) is 2.25. The van der Waals surface area contributed by atoms with Crippen LogP contribution in [0.4, 0.5) is 0 Å². The number of aryl methyl sites for hydroxylation is 1. The van der Waals surface area contributed by atoms with Crippen LogP contribution in [0.1, 0.15) is 10.5 Å². The lowest BCUT2D eigenvalue weighted by Crippen LogP contribution is -2.00. The zero-order chi connectivity index (χ0) is 12.2. The van der Waals surface area contributed by atoms with E-state index in [0.717, 1.165) is 9.99 Å². The van der Waals surface area contributed by atoms with Gasteiger partial charge in [0, 0.05) is 17.7 Å². The first-order valence-corrected chi connectivity index (χ1v) is 5.60. The van der Waals surface area contributed by atoms with Crippen LogP contribution < -0.4 is 0 Å². The highest BCUT2D eigenvalue weighted by Crippen LogP contribution is 2.27. The fraction of sp³-hybridized carbons (Fsp3) is 0.100. The molecule has 0 aromatic carbocycles. The number of aromatic carboxylic acids is 1. The summed E-state index contributed by atoms with van der Waals surface area (Å²) in [6, 6.07) is 1.86. The zero-order valence-electron chi connectivity index (χ0n) is 8.73. The highest BCUT2D eigenvalue weighted by Gasteiger charge is 2.19. The summed E-state index contributed by atoms with van der Waals surface area (Å²) in [5.74, 6) is -1.05. The second-order valence-corrected chi connectivity index (χ2v) is 4.59. The van der Waals surface area contributed by atoms with Gasteiger partial charge in [-0.3, -0.25) is 9.67 Å². The standard InChI is InChI=1S/C10H7BrN4O2/c1-15-9-6-5(2-4(11)3-12-6)13-7(9)8(14-15)10(16)17/h2-3,13H,1H3,(H,16,17). The van der Waals surface area contributed by atoms with Crippen molar-refractivity contribution in [2.45, 2.75) is 0 Å². The molecule has 0 aliphatic rings. The normalized spacial score (nSPS) is 11.4. The number of aromatic amines is 1. The highest BCUT2D eigenvalue weighted by atomic mass is 79.9. The Morgan fingerprint density at radius 1 is 1.59 bits per heavy atom. The van der Waals surface area contributed by atoms with Gasteiger partial charge in [-0.25, -0.2) is 4.79 Å². The zero-order valence-corrected chi connectivity index (χ0v) is 10.3. The number of carbonyl (C=O) groups is 1. The third-order valence-corrected chi connectivity index (χ3v) is 3.02. The number of carboxylic acids is 1. The molecule has 0 aliphatic carbocycles. The van der Waals surface area contributed by atoms with Gasteiger partial charge in [0.1, 0.15) is 16.6 Å². The van der Waals surface area contributed by atoms with Crippen molar-refractivity contribution in [1.29, 1.82) is 0 Å². The van der Waals surface area contributed by atoms with E-state index in [1.165, 1.54) is 4.68 Å². The van der Waals surface area contributed by atoms with Gasteiger partial charge >= 0.3 is 5.97 Å². The number of hydrogen-bond acceptors (Lipinski definition) is 3. The summed E-state index contributed by atoms with van der Waals surface area (Å²) in [6.07, 6.45) is 1.67. The Morgan fingerprint density at radius 3 is 3.06 bits per heavy atom. The van der Waals surface area contributed by atoms with Gasteiger partial charge in [0.25, 0.3) is 0 Å². The third-order valence-electron chi connectivity index (χ3n) is 2.59. The molecule has 0 saturated heterocycles. The number of fused-ring (bicyclic) bond motifs is 3. The number of carboxylic acid groups (broad SMARTS) is 1. The molecule has 3 aromatic heterocycles. The van der Waals surface area contributed by atoms with Crippen molar-refractivity contribution >= 4 is 44.0 Å². The second-order valence-electron chi connectivity index (χ2n) is 3.68. The Kier molecular flexibility index (Phi) is 1.99. The Labute approximate surface area is 103 Å². The molecule has 86 valence electrons. The first-order valence-electron chi connectivity index (χ1n) is 4.81. The number of nitrogens with one attached hydrogen (secondary N) is 1. The summed E-state index contributed by atoms with van der Waals surface area (Å²) >= 11 is 3.32. The molecule has 0 atom stereocenters. The van der Waals surface area contributed by atoms with Crippen LogP contribution in [0, 0.1) is 0 Å². The molecule has 3 aromatic rings. The number of aromatic nitrogens is 4. The molecule has 0 spiro atoms. The van der Waals surface area contributed by atoms with Crippen LogP contribution in [0.25, 0.3) is 22.1 Å². The minimum atomic E-state index is -1.05. The predicted octanol–water partition coefficient (Wildman–Crippen LogP) is 1.91. The van der Waals surface area contributed by atoms with Crippen molar-refractivity contribution in [2.75, 3.05) is 0 Å². The summed E-state index contributed by atoms with van der Waals surface area (Å²) < 4.78 is 2.36. The Hall–Kier alpha value is -1.89. The molecule has 17 heavy (non-hydrogen) atoms. The van der Waals surface area contributed by atoms with Crippen molar-refractivity contribution < 1.29 is 9.90 Å². The highest BCUT2D eigenvalue weighted by molar-refractivity contribution is 9.10. The second kappa shape index (κ2) is 3.30. The average molecular weight is 295 g/mol. The molecular weight excluding hydrogens is 288 g/mol. The number of pyridine rings is 1. The lowest BCUT2D eigenvalue weighted by atomic mass is 10.3. The van der Waals surface area contributed by atoms with Crippen LogP contribution in [0.2, 0.25) is 0 Å². The average Bonchev–Trinajstić information content (AvgIpc) is 2.76. The van der Waals surface area contributed by atoms with Gasteiger partial charge < -0.3 is 10.1 Å². The lowest BCUT2D eigenvalue weighted by molar-refractivity contribution is 0.0691. The SMILES string of the molecule is Cn1nc(C(=O)O)c2[nH]c3cc(Br)cnc3c21. The lowest BCUT2D eigenvalue weighted by Gasteiger charge is -1.93. The largest absolute Gasteiger partial charge is 0.476 e. The molecule has 0 unspecified atom stereocenters. The number of nitrogens with zero attached hydrogens (tertiary/aromatic N) is 3. The molecule has 3 heterocycles. The number of H-pyrrole nitrogens is 1. The van der Waals surface area contributed by atoms with Gasteiger partial charge in [-0.05, 0) is 22.0 Å². The third kappa shape index (κ3) is 1.35. The van der Waals surface area contributed by atoms with Gasteiger partial charge in [0.15, 0.2) is 5.69 Å². The van der Waals surface area contributed by atoms with E-state index >= 15 is 0 Å². The molecule has 0 saturated carbocycles. The monoisotopic (exact) mass is 294 g/mol. The van der Waals surface area contributed by atoms with Crippen LogP contribution in [0.15, 0.2) is 16.7 Å². The summed E-state index contributed by atoms with van der Waals surface area (Å²) in [5.41, 5.74) is 2.71. The van der Waals surface area contributed by atoms with Crippen molar-refractivity contribution in [3.63, 3.8) is 0 Å². The molecule has 6 nitrogen and oxygen atoms in total. The first-order chi connectivity index (χ1) is 8.08. The summed E-state index contributed by atoms with van der Waals surface area (Å²) in [7, 11) is 1.70. The van der Waals surface area contributed by atoms with Crippen molar-refractivity contribution in [3.05, 3.63) is 22.4 Å². The van der Waals surface area contributed by atoms with Crippen LogP contribution in [0.3, 0.4) is 0 Å². The van der Waals surface area contributed by atoms with Crippen LogP contribution in [-0.4, -0.2) is 30.8 Å². The maximum absolute atomic E-state index is 11.0. The van der Waals surface area contributed by atoms with Crippen LogP contribution in [0.5, 0.6) is 0 Å². The van der Waals surface area contributed by atoms with Crippen LogP contribution in [-0.2, 0) is 7.05 Å². The Bertz CT molecular complexity index is 758. The molecule has 0 aliphatic heterocycles. The molecule has 3 rings (SSSR count). The Balaban J connectivity index is 2.51. The van der Waals surface area contributed by atoms with E-state index in [0.29, 0.717) is 16.6 Å². The van der Waals surface area contributed by atoms with Gasteiger partial charge in [0.2, 0.25) is 0 Å². The topological polar surface area (TPSA) is 83.8 Å². The van der Waals surface area contributed by atoms with Crippen molar-refractivity contribution in [3.8, 4) is 0 Å². The minimum Gasteiger partial charge on any atom is -0.476 e. The number of halogens is 1. The molecule has 0 amide bonds. The Morgan fingerprint density at radius 2 is 2.35 bits per heavy atom. The molecule has 7 heteroatoms. The van der Waals surface area contributed by atoms with Crippen molar-refractivity contribution in [1.82, 2.24) is 19.7 Å². The van der Waals surface area contributed by atoms with E-state index in [2.05, 4.69) is 31.0 Å². The quantitative estimate of drug-likeness (QED) is 0.718. The summed E-state index contributed by atoms with van der Waals surface area (Å²) in [5, 5.41) is 13.0. The van der Waals surface area contributed by atoms with Gasteiger partial charge in [-0.1, -0.05) is 0 Å². The summed E-state index contributed by atoms with van der Waals surface area (Å²) in [6.45, 7) is 0. The molecule has 0 fully saturated rings. The minimum absolute atomic E-state index is 0.0108. The first kappa shape index (κ1) is 10.3. The number of hydrogen-bond donors (Lipinski definition) is 2. The predicted molar refractivity (Wildman–Crippen MR) is 65.0 cm³/mol. The van der Waals surface area contributed by atoms with E-state index in [4.69, 9.17) is 5.11 Å². The van der Waals surface area contributed by atoms with Gasteiger partial charge in [0.05, 0.1) is 5.52 Å². The fourth-order valence-electron chi connectivity index (χ4n) is 1.92. The maximum Gasteiger partial charge on any atom is 0.358 e. The van der Waals surface area contributed by atoms with Crippen molar-refractivity contribution in [2.24, 2.45) is 7.05 Å². The molecular formula is C10H7BrN4O2. The molecule has 2 N–H and O–H groups in total. The van der Waals surface area contributed by atoms with Crippen LogP contribution >= 0.6 is 15.9 Å². The van der Waals surface area contributed by atoms with E-state index in [-0.39, 0.29) is 5.69 Å². The maximum atomic E-state index is 11.0. The van der Waals surface area contributed by atoms with Gasteiger partial charge in [-0.2, -0.15) is 5.10 Å². The van der Waals surface area contributed by atoms with E-state index in [1.54, 1.807) is 13.2 Å². The molecule has 0 bridgehead atoms. The van der Waals surface area contributed by atoms with Gasteiger partial charge in [-0.15, -0.1) is 0 Å². The number of rotatable bonds is 1. The smallest absolute Gasteiger partial charge is 0.358 e.